The number of β-amino-alcohol motifs (C(OH)–C–C–N with tert-alkyl or cyclic N) is 1. The highest BCUT2D eigenvalue weighted by atomic mass is 16.3. The van der Waals surface area contributed by atoms with E-state index in [0.29, 0.717) is 6.54 Å². The number of carbonyl (C=O) groups excluding carboxylic acids is 2. The van der Waals surface area contributed by atoms with Crippen LogP contribution in [0.3, 0.4) is 0 Å². The number of rotatable bonds is 3. The molecule has 0 saturated carbocycles. The van der Waals surface area contributed by atoms with Crippen LogP contribution < -0.4 is 5.73 Å². The van der Waals surface area contributed by atoms with E-state index in [1.807, 2.05) is 0 Å². The van der Waals surface area contributed by atoms with Crippen LogP contribution in [0.5, 0.6) is 0 Å². The second kappa shape index (κ2) is 4.39. The van der Waals surface area contributed by atoms with Crippen LogP contribution in [0, 0.1) is 0 Å². The summed E-state index contributed by atoms with van der Waals surface area (Å²) >= 11 is 0. The normalized spacial score (nSPS) is 27.2. The molecule has 6 heteroatoms. The zero-order valence-electron chi connectivity index (χ0n) is 9.13. The summed E-state index contributed by atoms with van der Waals surface area (Å²) in [6.45, 7) is 1.02. The van der Waals surface area contributed by atoms with Crippen molar-refractivity contribution in [3.8, 4) is 0 Å². The molecule has 0 aromatic heterocycles. The number of aliphatic hydroxyl groups excluding tert-OH is 1. The molecule has 2 fully saturated rings. The number of hydrogen-bond acceptors (Lipinski definition) is 4. The van der Waals surface area contributed by atoms with E-state index >= 15 is 0 Å². The van der Waals surface area contributed by atoms with Gasteiger partial charge in [-0.25, -0.2) is 0 Å². The van der Waals surface area contributed by atoms with E-state index < -0.39 is 6.10 Å². The van der Waals surface area contributed by atoms with Crippen molar-refractivity contribution < 1.29 is 14.7 Å². The van der Waals surface area contributed by atoms with Crippen molar-refractivity contribution >= 4 is 11.8 Å². The quantitative estimate of drug-likeness (QED) is 0.592. The van der Waals surface area contributed by atoms with Crippen molar-refractivity contribution in [2.24, 2.45) is 5.73 Å². The van der Waals surface area contributed by atoms with Crippen LogP contribution in [0.1, 0.15) is 12.8 Å². The number of hydrogen-bond donors (Lipinski definition) is 2. The first kappa shape index (κ1) is 11.3. The Kier molecular flexibility index (Phi) is 3.11. The predicted molar refractivity (Wildman–Crippen MR) is 56.4 cm³/mol. The lowest BCUT2D eigenvalue weighted by atomic mass is 10.1. The highest BCUT2D eigenvalue weighted by Gasteiger charge is 2.41. The van der Waals surface area contributed by atoms with Crippen molar-refractivity contribution in [3.05, 3.63) is 0 Å². The molecule has 2 atom stereocenters. The molecule has 2 saturated heterocycles. The molecule has 0 bridgehead atoms. The van der Waals surface area contributed by atoms with Crippen LogP contribution in [0.15, 0.2) is 0 Å². The van der Waals surface area contributed by atoms with Gasteiger partial charge in [0, 0.05) is 19.6 Å². The van der Waals surface area contributed by atoms with E-state index in [2.05, 4.69) is 0 Å². The smallest absolute Gasteiger partial charge is 0.245 e. The number of amides is 2. The molecule has 0 aliphatic carbocycles. The van der Waals surface area contributed by atoms with E-state index in [4.69, 9.17) is 5.73 Å². The fourth-order valence-corrected chi connectivity index (χ4v) is 2.35. The Morgan fingerprint density at radius 2 is 2.25 bits per heavy atom. The molecule has 0 aromatic carbocycles. The summed E-state index contributed by atoms with van der Waals surface area (Å²) in [7, 11) is 0. The van der Waals surface area contributed by atoms with Crippen LogP contribution in [0.4, 0.5) is 0 Å². The number of nitrogens with two attached hydrogens (primary N) is 1. The van der Waals surface area contributed by atoms with Gasteiger partial charge >= 0.3 is 0 Å². The summed E-state index contributed by atoms with van der Waals surface area (Å²) in [6.07, 6.45) is 0.875. The van der Waals surface area contributed by atoms with Gasteiger partial charge in [-0.05, 0) is 12.8 Å². The first-order valence-corrected chi connectivity index (χ1v) is 5.60. The van der Waals surface area contributed by atoms with Crippen molar-refractivity contribution in [3.63, 3.8) is 0 Å². The van der Waals surface area contributed by atoms with Gasteiger partial charge in [-0.2, -0.15) is 0 Å². The van der Waals surface area contributed by atoms with Gasteiger partial charge in [-0.1, -0.05) is 0 Å². The number of nitrogens with zero attached hydrogens (tertiary/aromatic N) is 2. The molecule has 3 N–H and O–H groups in total. The molecular weight excluding hydrogens is 210 g/mol. The van der Waals surface area contributed by atoms with Crippen molar-refractivity contribution in [1.82, 2.24) is 9.80 Å². The van der Waals surface area contributed by atoms with Gasteiger partial charge in [0.25, 0.3) is 0 Å². The van der Waals surface area contributed by atoms with E-state index in [1.54, 1.807) is 4.90 Å². The predicted octanol–water partition coefficient (Wildman–Crippen LogP) is -1.86. The lowest BCUT2D eigenvalue weighted by molar-refractivity contribution is -0.154. The molecular formula is C10H17N3O3. The van der Waals surface area contributed by atoms with Gasteiger partial charge in [-0.3, -0.25) is 9.59 Å². The minimum absolute atomic E-state index is 0.0219. The Labute approximate surface area is 94.0 Å². The maximum atomic E-state index is 12.0. The molecule has 16 heavy (non-hydrogen) atoms. The Morgan fingerprint density at radius 1 is 1.50 bits per heavy atom. The molecule has 90 valence electrons. The second-order valence-electron chi connectivity index (χ2n) is 4.35. The van der Waals surface area contributed by atoms with E-state index in [9.17, 15) is 14.7 Å². The van der Waals surface area contributed by atoms with Gasteiger partial charge in [0.1, 0.15) is 6.04 Å². The number of carbonyl (C=O) groups is 2. The van der Waals surface area contributed by atoms with Gasteiger partial charge in [0.15, 0.2) is 0 Å². The van der Waals surface area contributed by atoms with Gasteiger partial charge in [0.05, 0.1) is 12.6 Å². The monoisotopic (exact) mass is 227 g/mol. The Hall–Kier alpha value is -1.14. The number of piperazine rings is 1. The molecule has 6 nitrogen and oxygen atoms in total. The highest BCUT2D eigenvalue weighted by Crippen LogP contribution is 2.23. The molecule has 2 aliphatic heterocycles. The molecule has 2 aliphatic rings. The van der Waals surface area contributed by atoms with Crippen LogP contribution in [-0.4, -0.2) is 65.0 Å². The summed E-state index contributed by atoms with van der Waals surface area (Å²) in [5, 5.41) is 9.41. The van der Waals surface area contributed by atoms with Crippen LogP contribution in [-0.2, 0) is 9.59 Å². The highest BCUT2D eigenvalue weighted by molar-refractivity contribution is 5.95. The van der Waals surface area contributed by atoms with E-state index in [1.165, 1.54) is 4.90 Å². The maximum Gasteiger partial charge on any atom is 0.245 e. The minimum atomic E-state index is -0.746. The zero-order valence-corrected chi connectivity index (χ0v) is 9.13. The summed E-state index contributed by atoms with van der Waals surface area (Å²) in [5.74, 6) is -0.0732. The summed E-state index contributed by atoms with van der Waals surface area (Å²) < 4.78 is 0. The molecule has 2 unspecified atom stereocenters. The SMILES string of the molecule is NCC(O)CN1CC(=O)N2CCCC2C1=O. The topological polar surface area (TPSA) is 86.9 Å². The Bertz CT molecular complexity index is 308. The first-order valence-electron chi connectivity index (χ1n) is 5.60. The minimum Gasteiger partial charge on any atom is -0.390 e. The number of fused-ring (bicyclic) bond motifs is 1. The van der Waals surface area contributed by atoms with Crippen molar-refractivity contribution in [1.29, 1.82) is 0 Å². The molecule has 2 rings (SSSR count). The fourth-order valence-electron chi connectivity index (χ4n) is 2.35. The van der Waals surface area contributed by atoms with Crippen LogP contribution in [0.25, 0.3) is 0 Å². The van der Waals surface area contributed by atoms with E-state index in [-0.39, 0.29) is 37.5 Å². The molecule has 2 amide bonds. The Balaban J connectivity index is 2.05. The average Bonchev–Trinajstić information content (AvgIpc) is 2.74. The zero-order chi connectivity index (χ0) is 11.7. The number of aliphatic hydroxyl groups is 1. The molecule has 0 spiro atoms. The summed E-state index contributed by atoms with van der Waals surface area (Å²) in [5.41, 5.74) is 5.29. The fraction of sp³-hybridized carbons (Fsp3) is 0.800. The van der Waals surface area contributed by atoms with Crippen molar-refractivity contribution in [2.75, 3.05) is 26.2 Å². The second-order valence-corrected chi connectivity index (χ2v) is 4.35. The van der Waals surface area contributed by atoms with E-state index in [0.717, 1.165) is 12.8 Å². The third-order valence-corrected chi connectivity index (χ3v) is 3.20. The maximum absolute atomic E-state index is 12.0. The summed E-state index contributed by atoms with van der Waals surface area (Å²) in [4.78, 5) is 26.8. The molecule has 2 heterocycles. The first-order chi connectivity index (χ1) is 7.63. The summed E-state index contributed by atoms with van der Waals surface area (Å²) in [6, 6.07) is -0.300. The van der Waals surface area contributed by atoms with Crippen molar-refractivity contribution in [2.45, 2.75) is 25.0 Å². The standard InChI is InChI=1S/C10H17N3O3/c11-4-7(14)5-12-6-9(15)13-3-1-2-8(13)10(12)16/h7-8,14H,1-6,11H2. The lowest BCUT2D eigenvalue weighted by Crippen LogP contribution is -2.59. The largest absolute Gasteiger partial charge is 0.390 e. The Morgan fingerprint density at radius 3 is 2.94 bits per heavy atom. The van der Waals surface area contributed by atoms with Gasteiger partial charge in [-0.15, -0.1) is 0 Å². The molecule has 0 radical (unpaired) electrons. The third kappa shape index (κ3) is 1.90. The van der Waals surface area contributed by atoms with Crippen LogP contribution in [0.2, 0.25) is 0 Å². The van der Waals surface area contributed by atoms with Gasteiger partial charge in [0.2, 0.25) is 11.8 Å². The third-order valence-electron chi connectivity index (χ3n) is 3.20. The van der Waals surface area contributed by atoms with Gasteiger partial charge < -0.3 is 20.6 Å². The molecule has 0 aromatic rings. The average molecular weight is 227 g/mol. The van der Waals surface area contributed by atoms with Crippen LogP contribution >= 0.6 is 0 Å². The lowest BCUT2D eigenvalue weighted by Gasteiger charge is -2.37.